The molecule has 0 saturated carbocycles. The Bertz CT molecular complexity index is 207. The zero-order chi connectivity index (χ0) is 11.3. The summed E-state index contributed by atoms with van der Waals surface area (Å²) in [7, 11) is 0. The van der Waals surface area contributed by atoms with Crippen LogP contribution in [0.2, 0.25) is 0 Å². The molecule has 0 spiro atoms. The lowest BCUT2D eigenvalue weighted by Gasteiger charge is -2.33. The summed E-state index contributed by atoms with van der Waals surface area (Å²) in [4.78, 5) is 13.5. The van der Waals surface area contributed by atoms with Gasteiger partial charge in [-0.1, -0.05) is 6.92 Å². The first-order chi connectivity index (χ1) is 7.15. The number of rotatable bonds is 4. The number of hydrogen-bond acceptors (Lipinski definition) is 3. The fraction of sp³-hybridized carbons (Fsp3) is 0.909. The lowest BCUT2D eigenvalue weighted by Crippen LogP contribution is -2.48. The number of nitrogens with two attached hydrogens (primary N) is 1. The third-order valence-electron chi connectivity index (χ3n) is 2.64. The van der Waals surface area contributed by atoms with Gasteiger partial charge >= 0.3 is 0 Å². The summed E-state index contributed by atoms with van der Waals surface area (Å²) in [5.74, 6) is 0.0415. The smallest absolute Gasteiger partial charge is 0.239 e. The molecular weight excluding hydrogens is 192 g/mol. The lowest BCUT2D eigenvalue weighted by molar-refractivity contribution is -0.136. The van der Waals surface area contributed by atoms with Crippen molar-refractivity contribution in [1.29, 1.82) is 0 Å². The fourth-order valence-electron chi connectivity index (χ4n) is 1.85. The van der Waals surface area contributed by atoms with Crippen LogP contribution in [0.1, 0.15) is 33.1 Å². The quantitative estimate of drug-likeness (QED) is 0.751. The number of ether oxygens (including phenoxy) is 1. The molecule has 2 atom stereocenters. The molecule has 1 rings (SSSR count). The van der Waals surface area contributed by atoms with Crippen LogP contribution in [0.15, 0.2) is 0 Å². The Morgan fingerprint density at radius 3 is 3.00 bits per heavy atom. The number of hydrogen-bond donors (Lipinski definition) is 1. The predicted molar refractivity (Wildman–Crippen MR) is 59.5 cm³/mol. The van der Waals surface area contributed by atoms with Crippen molar-refractivity contribution in [2.24, 2.45) is 5.73 Å². The molecular formula is C11H22N2O2. The number of nitrogens with zero attached hydrogens (tertiary/aromatic N) is 1. The van der Waals surface area contributed by atoms with E-state index in [1.54, 1.807) is 6.92 Å². The van der Waals surface area contributed by atoms with Crippen LogP contribution >= 0.6 is 0 Å². The van der Waals surface area contributed by atoms with Crippen molar-refractivity contribution in [1.82, 2.24) is 4.90 Å². The summed E-state index contributed by atoms with van der Waals surface area (Å²) in [6, 6.07) is -0.394. The number of piperidine rings is 1. The normalized spacial score (nSPS) is 23.9. The second-order valence-corrected chi connectivity index (χ2v) is 4.21. The van der Waals surface area contributed by atoms with Crippen LogP contribution < -0.4 is 5.73 Å². The Kier molecular flexibility index (Phi) is 5.05. The monoisotopic (exact) mass is 214 g/mol. The minimum Gasteiger partial charge on any atom is -0.376 e. The van der Waals surface area contributed by atoms with Crippen LogP contribution in [-0.2, 0) is 9.53 Å². The van der Waals surface area contributed by atoms with E-state index in [0.29, 0.717) is 6.54 Å². The van der Waals surface area contributed by atoms with Gasteiger partial charge in [0.15, 0.2) is 0 Å². The fourth-order valence-corrected chi connectivity index (χ4v) is 1.85. The highest BCUT2D eigenvalue weighted by Crippen LogP contribution is 2.14. The van der Waals surface area contributed by atoms with Gasteiger partial charge in [-0.25, -0.2) is 0 Å². The minimum atomic E-state index is -0.394. The maximum atomic E-state index is 11.7. The van der Waals surface area contributed by atoms with Gasteiger partial charge in [-0.2, -0.15) is 0 Å². The third-order valence-corrected chi connectivity index (χ3v) is 2.64. The van der Waals surface area contributed by atoms with Crippen LogP contribution in [0.25, 0.3) is 0 Å². The molecule has 4 nitrogen and oxygen atoms in total. The van der Waals surface area contributed by atoms with Crippen molar-refractivity contribution in [3.05, 3.63) is 0 Å². The van der Waals surface area contributed by atoms with Gasteiger partial charge in [0.25, 0.3) is 0 Å². The Labute approximate surface area is 91.8 Å². The molecule has 0 aliphatic carbocycles. The molecule has 0 bridgehead atoms. The van der Waals surface area contributed by atoms with Gasteiger partial charge in [0.05, 0.1) is 12.1 Å². The molecule has 2 N–H and O–H groups in total. The Hall–Kier alpha value is -0.610. The van der Waals surface area contributed by atoms with Crippen molar-refractivity contribution < 1.29 is 9.53 Å². The van der Waals surface area contributed by atoms with Gasteiger partial charge in [0.1, 0.15) is 0 Å². The maximum Gasteiger partial charge on any atom is 0.239 e. The highest BCUT2D eigenvalue weighted by molar-refractivity contribution is 5.81. The number of carbonyl (C=O) groups is 1. The lowest BCUT2D eigenvalue weighted by atomic mass is 10.1. The maximum absolute atomic E-state index is 11.7. The number of likely N-dealkylation sites (tertiary alicyclic amines) is 1. The molecule has 4 heteroatoms. The van der Waals surface area contributed by atoms with Gasteiger partial charge in [0.2, 0.25) is 5.91 Å². The van der Waals surface area contributed by atoms with Gasteiger partial charge in [-0.05, 0) is 26.2 Å². The number of amides is 1. The standard InChI is InChI=1S/C11H22N2O2/c1-3-7-15-10-5-4-6-13(8-10)11(14)9(2)12/h9-10H,3-8,12H2,1-2H3/t9-,10?/m1/s1. The topological polar surface area (TPSA) is 55.6 Å². The summed E-state index contributed by atoms with van der Waals surface area (Å²) in [6.07, 6.45) is 3.31. The molecule has 1 heterocycles. The molecule has 1 saturated heterocycles. The highest BCUT2D eigenvalue weighted by Gasteiger charge is 2.25. The highest BCUT2D eigenvalue weighted by atomic mass is 16.5. The van der Waals surface area contributed by atoms with Crippen molar-refractivity contribution in [2.45, 2.75) is 45.3 Å². The van der Waals surface area contributed by atoms with Crippen molar-refractivity contribution in [3.8, 4) is 0 Å². The van der Waals surface area contributed by atoms with Crippen molar-refractivity contribution in [3.63, 3.8) is 0 Å². The van der Waals surface area contributed by atoms with Crippen LogP contribution in [-0.4, -0.2) is 42.6 Å². The largest absolute Gasteiger partial charge is 0.376 e. The molecule has 1 amide bonds. The Balaban J connectivity index is 2.38. The predicted octanol–water partition coefficient (Wildman–Crippen LogP) is 0.751. The van der Waals surface area contributed by atoms with Crippen LogP contribution in [0, 0.1) is 0 Å². The van der Waals surface area contributed by atoms with E-state index in [2.05, 4.69) is 6.92 Å². The second-order valence-electron chi connectivity index (χ2n) is 4.21. The minimum absolute atomic E-state index is 0.0415. The van der Waals surface area contributed by atoms with E-state index in [9.17, 15) is 4.79 Å². The third kappa shape index (κ3) is 3.80. The van der Waals surface area contributed by atoms with E-state index in [1.807, 2.05) is 4.90 Å². The van der Waals surface area contributed by atoms with E-state index in [0.717, 1.165) is 32.4 Å². The van der Waals surface area contributed by atoms with Crippen LogP contribution in [0.4, 0.5) is 0 Å². The molecule has 0 radical (unpaired) electrons. The Morgan fingerprint density at radius 2 is 2.40 bits per heavy atom. The molecule has 15 heavy (non-hydrogen) atoms. The molecule has 0 aromatic heterocycles. The molecule has 0 aromatic carbocycles. The molecule has 1 aliphatic rings. The molecule has 1 fully saturated rings. The first kappa shape index (κ1) is 12.5. The second kappa shape index (κ2) is 6.08. The first-order valence-corrected chi connectivity index (χ1v) is 5.81. The van der Waals surface area contributed by atoms with Gasteiger partial charge in [0, 0.05) is 19.7 Å². The number of carbonyl (C=O) groups excluding carboxylic acids is 1. The molecule has 1 unspecified atom stereocenters. The molecule has 88 valence electrons. The van der Waals surface area contributed by atoms with E-state index < -0.39 is 6.04 Å². The van der Waals surface area contributed by atoms with Crippen molar-refractivity contribution in [2.75, 3.05) is 19.7 Å². The van der Waals surface area contributed by atoms with E-state index in [1.165, 1.54) is 0 Å². The molecule has 0 aromatic rings. The summed E-state index contributed by atoms with van der Waals surface area (Å²) in [5, 5.41) is 0. The van der Waals surface area contributed by atoms with E-state index in [4.69, 9.17) is 10.5 Å². The zero-order valence-corrected chi connectivity index (χ0v) is 9.74. The summed E-state index contributed by atoms with van der Waals surface area (Å²) in [5.41, 5.74) is 5.58. The van der Waals surface area contributed by atoms with Crippen LogP contribution in [0.3, 0.4) is 0 Å². The summed E-state index contributed by atoms with van der Waals surface area (Å²) < 4.78 is 5.66. The van der Waals surface area contributed by atoms with Gasteiger partial charge < -0.3 is 15.4 Å². The van der Waals surface area contributed by atoms with Crippen molar-refractivity contribution >= 4 is 5.91 Å². The first-order valence-electron chi connectivity index (χ1n) is 5.81. The average Bonchev–Trinajstić information content (AvgIpc) is 2.25. The SMILES string of the molecule is CCCOC1CCCN(C(=O)[C@@H](C)N)C1. The van der Waals surface area contributed by atoms with E-state index >= 15 is 0 Å². The average molecular weight is 214 g/mol. The summed E-state index contributed by atoms with van der Waals surface area (Å²) >= 11 is 0. The molecule has 1 aliphatic heterocycles. The van der Waals surface area contributed by atoms with Gasteiger partial charge in [-0.15, -0.1) is 0 Å². The van der Waals surface area contributed by atoms with Gasteiger partial charge in [-0.3, -0.25) is 4.79 Å². The van der Waals surface area contributed by atoms with E-state index in [-0.39, 0.29) is 12.0 Å². The Morgan fingerprint density at radius 1 is 1.67 bits per heavy atom. The summed E-state index contributed by atoms with van der Waals surface area (Å²) in [6.45, 7) is 6.14. The van der Waals surface area contributed by atoms with Crippen LogP contribution in [0.5, 0.6) is 0 Å². The zero-order valence-electron chi connectivity index (χ0n) is 9.74.